The number of aromatic amines is 2. The molecular formula is C26H24Cl5N5O6. The highest BCUT2D eigenvalue weighted by Gasteiger charge is 2.20. The number of nitrogens with one attached hydrogen (secondary N) is 2. The Balaban J connectivity index is 0.000000341. The Labute approximate surface area is 265 Å². The van der Waals surface area contributed by atoms with Crippen molar-refractivity contribution in [1.82, 2.24) is 20.4 Å². The average Bonchev–Trinajstić information content (AvgIpc) is 3.57. The third-order valence-corrected chi connectivity index (χ3v) is 6.37. The smallest absolute Gasteiger partial charge is 0.358 e. The van der Waals surface area contributed by atoms with Crippen LogP contribution in [0.1, 0.15) is 54.7 Å². The molecule has 4 rings (SSSR count). The Kier molecular flexibility index (Phi) is 15.1. The highest BCUT2D eigenvalue weighted by atomic mass is 35.5. The molecule has 2 aromatic heterocycles. The van der Waals surface area contributed by atoms with Crippen LogP contribution in [0.4, 0.5) is 5.69 Å². The predicted molar refractivity (Wildman–Crippen MR) is 162 cm³/mol. The van der Waals surface area contributed by atoms with Crippen LogP contribution >= 0.6 is 58.0 Å². The van der Waals surface area contributed by atoms with E-state index in [1.165, 1.54) is 26.6 Å². The SMILES string of the molecule is C.COC(=O)c1[nH]ncc1CC(=O)c1c(Cl)cccc1Cl.COC(=O)c1[nH]ncc1N.O=C(Cl)c1c(Cl)cccc1Cl. The molecule has 0 unspecified atom stereocenters. The number of nitrogens with zero attached hydrogens (tertiary/aromatic N) is 2. The van der Waals surface area contributed by atoms with Crippen LogP contribution in [-0.4, -0.2) is 57.6 Å². The van der Waals surface area contributed by atoms with Gasteiger partial charge in [-0.1, -0.05) is 66.0 Å². The first-order valence-electron chi connectivity index (χ1n) is 11.0. The van der Waals surface area contributed by atoms with Gasteiger partial charge in [-0.05, 0) is 35.9 Å². The zero-order chi connectivity index (χ0) is 30.7. The van der Waals surface area contributed by atoms with Gasteiger partial charge >= 0.3 is 11.9 Å². The van der Waals surface area contributed by atoms with Crippen LogP contribution in [0.25, 0.3) is 0 Å². The molecule has 0 amide bonds. The summed E-state index contributed by atoms with van der Waals surface area (Å²) < 4.78 is 8.98. The molecule has 0 atom stereocenters. The normalized spacial score (nSPS) is 9.69. The second-order valence-electron chi connectivity index (χ2n) is 7.52. The number of esters is 2. The number of ether oxygens (including phenoxy) is 2. The number of ketones is 1. The Morgan fingerprint density at radius 2 is 1.19 bits per heavy atom. The van der Waals surface area contributed by atoms with Gasteiger partial charge in [0.15, 0.2) is 11.5 Å². The van der Waals surface area contributed by atoms with E-state index in [1.54, 1.807) is 36.4 Å². The van der Waals surface area contributed by atoms with Crippen molar-refractivity contribution in [3.05, 3.63) is 97.0 Å². The van der Waals surface area contributed by atoms with Crippen LogP contribution in [0.2, 0.25) is 20.1 Å². The third kappa shape index (κ3) is 9.74. The van der Waals surface area contributed by atoms with Gasteiger partial charge in [-0.3, -0.25) is 19.8 Å². The van der Waals surface area contributed by atoms with Crippen molar-refractivity contribution in [2.75, 3.05) is 20.0 Å². The topological polar surface area (TPSA) is 170 Å². The van der Waals surface area contributed by atoms with Gasteiger partial charge in [0.25, 0.3) is 5.24 Å². The van der Waals surface area contributed by atoms with Crippen molar-refractivity contribution in [2.45, 2.75) is 13.8 Å². The molecule has 16 heteroatoms. The van der Waals surface area contributed by atoms with E-state index in [9.17, 15) is 19.2 Å². The number of halogens is 5. The lowest BCUT2D eigenvalue weighted by atomic mass is 10.0. The second kappa shape index (κ2) is 17.4. The Hall–Kier alpha value is -3.61. The summed E-state index contributed by atoms with van der Waals surface area (Å²) in [5.41, 5.74) is 6.78. The van der Waals surface area contributed by atoms with Crippen LogP contribution in [0.15, 0.2) is 48.8 Å². The number of H-pyrrole nitrogens is 2. The average molecular weight is 680 g/mol. The first kappa shape index (κ1) is 36.4. The first-order chi connectivity index (χ1) is 19.4. The minimum atomic E-state index is -0.638. The summed E-state index contributed by atoms with van der Waals surface area (Å²) in [5.74, 6) is -1.39. The molecule has 0 radical (unpaired) electrons. The van der Waals surface area contributed by atoms with Crippen molar-refractivity contribution in [3.8, 4) is 0 Å². The molecular weight excluding hydrogens is 656 g/mol. The van der Waals surface area contributed by atoms with Crippen molar-refractivity contribution in [3.63, 3.8) is 0 Å². The van der Waals surface area contributed by atoms with Gasteiger partial charge in [0.1, 0.15) is 5.69 Å². The lowest BCUT2D eigenvalue weighted by Crippen LogP contribution is -2.10. The number of benzene rings is 2. The van der Waals surface area contributed by atoms with Crippen LogP contribution in [0.3, 0.4) is 0 Å². The molecule has 224 valence electrons. The fourth-order valence-corrected chi connectivity index (χ4v) is 4.47. The number of hydrogen-bond acceptors (Lipinski definition) is 9. The molecule has 0 aliphatic heterocycles. The quantitative estimate of drug-likeness (QED) is 0.114. The molecule has 0 saturated heterocycles. The molecule has 42 heavy (non-hydrogen) atoms. The Bertz CT molecular complexity index is 1520. The summed E-state index contributed by atoms with van der Waals surface area (Å²) in [6, 6.07) is 9.58. The van der Waals surface area contributed by atoms with Gasteiger partial charge in [0.2, 0.25) is 0 Å². The maximum absolute atomic E-state index is 12.3. The minimum Gasteiger partial charge on any atom is -0.464 e. The van der Waals surface area contributed by atoms with Crippen molar-refractivity contribution in [1.29, 1.82) is 0 Å². The number of methoxy groups -OCH3 is 2. The molecule has 0 spiro atoms. The van der Waals surface area contributed by atoms with Gasteiger partial charge < -0.3 is 15.2 Å². The zero-order valence-electron chi connectivity index (χ0n) is 21.1. The fraction of sp³-hybridized carbons (Fsp3) is 0.154. The van der Waals surface area contributed by atoms with Gasteiger partial charge in [-0.25, -0.2) is 9.59 Å². The van der Waals surface area contributed by atoms with E-state index in [4.69, 9.17) is 63.7 Å². The molecule has 2 aromatic carbocycles. The maximum Gasteiger partial charge on any atom is 0.358 e. The summed E-state index contributed by atoms with van der Waals surface area (Å²) in [6.07, 6.45) is 2.70. The van der Waals surface area contributed by atoms with E-state index in [0.29, 0.717) is 11.3 Å². The monoisotopic (exact) mass is 677 g/mol. The van der Waals surface area contributed by atoms with E-state index in [1.807, 2.05) is 0 Å². The number of nitrogen functional groups attached to an aromatic ring is 1. The number of hydrogen-bond donors (Lipinski definition) is 3. The Morgan fingerprint density at radius 1 is 0.762 bits per heavy atom. The van der Waals surface area contributed by atoms with E-state index < -0.39 is 17.2 Å². The van der Waals surface area contributed by atoms with Crippen LogP contribution in [0.5, 0.6) is 0 Å². The molecule has 11 nitrogen and oxygen atoms in total. The number of carbonyl (C=O) groups excluding carboxylic acids is 4. The number of anilines is 1. The van der Waals surface area contributed by atoms with E-state index >= 15 is 0 Å². The summed E-state index contributed by atoms with van der Waals surface area (Å²) in [5, 5.41) is 12.6. The number of aromatic nitrogens is 4. The molecule has 0 aliphatic carbocycles. The van der Waals surface area contributed by atoms with Crippen molar-refractivity contribution in [2.24, 2.45) is 0 Å². The summed E-state index contributed by atoms with van der Waals surface area (Å²) in [7, 11) is 2.53. The summed E-state index contributed by atoms with van der Waals surface area (Å²) >= 11 is 28.4. The van der Waals surface area contributed by atoms with Crippen molar-refractivity contribution >= 4 is 86.7 Å². The summed E-state index contributed by atoms with van der Waals surface area (Å²) in [6.45, 7) is 0. The molecule has 0 fully saturated rings. The van der Waals surface area contributed by atoms with Gasteiger partial charge in [-0.2, -0.15) is 10.2 Å². The van der Waals surface area contributed by atoms with E-state index in [2.05, 4.69) is 29.9 Å². The second-order valence-corrected chi connectivity index (χ2v) is 9.49. The van der Waals surface area contributed by atoms with Crippen LogP contribution < -0.4 is 5.73 Å². The van der Waals surface area contributed by atoms with Gasteiger partial charge in [-0.15, -0.1) is 0 Å². The number of Topliss-reactive ketones (excluding diaryl/α,β-unsaturated/α-hetero) is 1. The van der Waals surface area contributed by atoms with Crippen LogP contribution in [-0.2, 0) is 15.9 Å². The highest BCUT2D eigenvalue weighted by Crippen LogP contribution is 2.27. The standard InChI is InChI=1S/C13H10Cl2N2O3.C7H3Cl3O.C5H7N3O2.CH4/c1-20-13(19)12-7(6-16-17-12)5-10(18)11-8(14)3-2-4-9(11)15;8-4-2-1-3-5(9)6(4)7(10)11;1-10-5(9)4-3(6)2-7-8-4;/h2-4,6H,5H2,1H3,(H,16,17);1-3H;2H,6H2,1H3,(H,7,8);1H4. The Morgan fingerprint density at radius 3 is 1.60 bits per heavy atom. The maximum atomic E-state index is 12.3. The number of carbonyl (C=O) groups is 4. The number of rotatable bonds is 6. The fourth-order valence-electron chi connectivity index (χ4n) is 3.00. The molecule has 0 bridgehead atoms. The molecule has 0 aliphatic rings. The van der Waals surface area contributed by atoms with Crippen LogP contribution in [0, 0.1) is 0 Å². The molecule has 2 heterocycles. The summed E-state index contributed by atoms with van der Waals surface area (Å²) in [4.78, 5) is 45.2. The third-order valence-electron chi connectivity index (χ3n) is 4.92. The zero-order valence-corrected chi connectivity index (χ0v) is 24.9. The lowest BCUT2D eigenvalue weighted by Gasteiger charge is -2.05. The minimum absolute atomic E-state index is 0. The van der Waals surface area contributed by atoms with Gasteiger partial charge in [0, 0.05) is 12.0 Å². The van der Waals surface area contributed by atoms with E-state index in [-0.39, 0.29) is 62.2 Å². The molecule has 0 saturated carbocycles. The van der Waals surface area contributed by atoms with Gasteiger partial charge in [0.05, 0.1) is 63.5 Å². The van der Waals surface area contributed by atoms with Crippen molar-refractivity contribution < 1.29 is 28.7 Å². The predicted octanol–water partition coefficient (Wildman–Crippen LogP) is 6.72. The largest absolute Gasteiger partial charge is 0.464 e. The molecule has 4 aromatic rings. The highest BCUT2D eigenvalue weighted by molar-refractivity contribution is 6.69. The number of nitrogens with two attached hydrogens (primary N) is 1. The molecule has 4 N–H and O–H groups in total. The lowest BCUT2D eigenvalue weighted by molar-refractivity contribution is 0.0585. The van der Waals surface area contributed by atoms with E-state index in [0.717, 1.165) is 0 Å². The first-order valence-corrected chi connectivity index (χ1v) is 12.9.